The average molecular weight is 277 g/mol. The van der Waals surface area contributed by atoms with E-state index in [4.69, 9.17) is 4.74 Å². The highest BCUT2D eigenvalue weighted by atomic mass is 19.1. The SMILES string of the molecule is Cc1ccc(NCC2CCC3(CCCCC3)O2)c(F)c1. The van der Waals surface area contributed by atoms with E-state index in [0.29, 0.717) is 12.2 Å². The molecule has 3 heteroatoms. The van der Waals surface area contributed by atoms with Crippen LogP contribution in [-0.2, 0) is 4.74 Å². The summed E-state index contributed by atoms with van der Waals surface area (Å²) in [6, 6.07) is 5.32. The Kier molecular flexibility index (Phi) is 3.97. The van der Waals surface area contributed by atoms with Gasteiger partial charge in [0.2, 0.25) is 0 Å². The van der Waals surface area contributed by atoms with Crippen molar-refractivity contribution >= 4 is 5.69 Å². The number of anilines is 1. The fraction of sp³-hybridized carbons (Fsp3) is 0.647. The smallest absolute Gasteiger partial charge is 0.146 e. The maximum absolute atomic E-state index is 13.8. The maximum Gasteiger partial charge on any atom is 0.146 e. The molecule has 1 aromatic carbocycles. The fourth-order valence-corrected chi connectivity index (χ4v) is 3.59. The van der Waals surface area contributed by atoms with Gasteiger partial charge < -0.3 is 10.1 Å². The summed E-state index contributed by atoms with van der Waals surface area (Å²) in [5.74, 6) is -0.171. The monoisotopic (exact) mass is 277 g/mol. The minimum atomic E-state index is -0.171. The predicted octanol–water partition coefficient (Wildman–Crippen LogP) is 4.43. The predicted molar refractivity (Wildman–Crippen MR) is 79.5 cm³/mol. The van der Waals surface area contributed by atoms with Crippen LogP contribution in [0.1, 0.15) is 50.5 Å². The molecule has 0 amide bonds. The van der Waals surface area contributed by atoms with Crippen molar-refractivity contribution in [2.45, 2.75) is 63.6 Å². The summed E-state index contributed by atoms with van der Waals surface area (Å²) in [7, 11) is 0. The zero-order valence-corrected chi connectivity index (χ0v) is 12.3. The molecule has 1 saturated heterocycles. The van der Waals surface area contributed by atoms with Crippen LogP contribution in [0.3, 0.4) is 0 Å². The molecule has 110 valence electrons. The van der Waals surface area contributed by atoms with E-state index in [1.807, 2.05) is 19.1 Å². The van der Waals surface area contributed by atoms with E-state index >= 15 is 0 Å². The van der Waals surface area contributed by atoms with Crippen LogP contribution in [0.2, 0.25) is 0 Å². The molecule has 1 atom stereocenters. The quantitative estimate of drug-likeness (QED) is 0.882. The Balaban J connectivity index is 1.54. The van der Waals surface area contributed by atoms with E-state index in [1.54, 1.807) is 6.07 Å². The second-order valence-corrected chi connectivity index (χ2v) is 6.39. The highest BCUT2D eigenvalue weighted by molar-refractivity contribution is 5.46. The molecule has 1 N–H and O–H groups in total. The van der Waals surface area contributed by atoms with Crippen LogP contribution >= 0.6 is 0 Å². The van der Waals surface area contributed by atoms with Gasteiger partial charge in [0.05, 0.1) is 17.4 Å². The molecule has 2 aliphatic rings. The number of aryl methyl sites for hydroxylation is 1. The first-order chi connectivity index (χ1) is 9.67. The first kappa shape index (κ1) is 13.9. The van der Waals surface area contributed by atoms with Crippen molar-refractivity contribution in [3.8, 4) is 0 Å². The van der Waals surface area contributed by atoms with Crippen LogP contribution < -0.4 is 5.32 Å². The van der Waals surface area contributed by atoms with Gasteiger partial charge in [-0.25, -0.2) is 4.39 Å². The summed E-state index contributed by atoms with van der Waals surface area (Å²) in [4.78, 5) is 0. The summed E-state index contributed by atoms with van der Waals surface area (Å²) in [6.07, 6.45) is 8.87. The highest BCUT2D eigenvalue weighted by Gasteiger charge is 2.40. The number of rotatable bonds is 3. The molecule has 2 fully saturated rings. The summed E-state index contributed by atoms with van der Waals surface area (Å²) < 4.78 is 20.1. The summed E-state index contributed by atoms with van der Waals surface area (Å²) >= 11 is 0. The minimum Gasteiger partial charge on any atom is -0.380 e. The molecule has 0 radical (unpaired) electrons. The van der Waals surface area contributed by atoms with Gasteiger partial charge in [0.1, 0.15) is 5.82 Å². The topological polar surface area (TPSA) is 21.3 Å². The molecule has 1 saturated carbocycles. The Hall–Kier alpha value is -1.09. The molecule has 1 heterocycles. The molecule has 20 heavy (non-hydrogen) atoms. The van der Waals surface area contributed by atoms with Gasteiger partial charge in [-0.15, -0.1) is 0 Å². The van der Waals surface area contributed by atoms with E-state index < -0.39 is 0 Å². The summed E-state index contributed by atoms with van der Waals surface area (Å²) in [6.45, 7) is 2.61. The van der Waals surface area contributed by atoms with Crippen molar-refractivity contribution in [1.29, 1.82) is 0 Å². The fourth-order valence-electron chi connectivity index (χ4n) is 3.59. The van der Waals surface area contributed by atoms with Crippen molar-refractivity contribution in [3.05, 3.63) is 29.6 Å². The maximum atomic E-state index is 13.8. The zero-order valence-electron chi connectivity index (χ0n) is 12.3. The largest absolute Gasteiger partial charge is 0.380 e. The van der Waals surface area contributed by atoms with E-state index in [1.165, 1.54) is 38.5 Å². The lowest BCUT2D eigenvalue weighted by Gasteiger charge is -2.33. The molecule has 1 spiro atoms. The lowest BCUT2D eigenvalue weighted by molar-refractivity contribution is -0.0588. The van der Waals surface area contributed by atoms with Crippen molar-refractivity contribution in [2.24, 2.45) is 0 Å². The second kappa shape index (κ2) is 5.72. The Morgan fingerprint density at radius 1 is 1.25 bits per heavy atom. The molecule has 1 aliphatic carbocycles. The van der Waals surface area contributed by atoms with Gasteiger partial charge in [-0.3, -0.25) is 0 Å². The number of ether oxygens (including phenoxy) is 1. The van der Waals surface area contributed by atoms with Crippen molar-refractivity contribution in [1.82, 2.24) is 0 Å². The van der Waals surface area contributed by atoms with Gasteiger partial charge in [0.25, 0.3) is 0 Å². The molecule has 3 rings (SSSR count). The molecule has 1 aromatic rings. The minimum absolute atomic E-state index is 0.149. The standard InChI is InChI=1S/C17H24FNO/c1-13-5-6-16(15(18)11-13)19-12-14-7-10-17(20-14)8-3-2-4-9-17/h5-6,11,14,19H,2-4,7-10,12H2,1H3. The number of nitrogens with one attached hydrogen (secondary N) is 1. The molecular formula is C17H24FNO. The molecule has 2 nitrogen and oxygen atoms in total. The highest BCUT2D eigenvalue weighted by Crippen LogP contribution is 2.41. The Morgan fingerprint density at radius 2 is 2.05 bits per heavy atom. The number of halogens is 1. The number of hydrogen-bond donors (Lipinski definition) is 1. The third-order valence-electron chi connectivity index (χ3n) is 4.75. The lowest BCUT2D eigenvalue weighted by atomic mass is 9.83. The number of benzene rings is 1. The average Bonchev–Trinajstić information content (AvgIpc) is 2.82. The Labute approximate surface area is 120 Å². The van der Waals surface area contributed by atoms with E-state index in [9.17, 15) is 4.39 Å². The summed E-state index contributed by atoms with van der Waals surface area (Å²) in [5.41, 5.74) is 1.69. The van der Waals surface area contributed by atoms with Gasteiger partial charge >= 0.3 is 0 Å². The lowest BCUT2D eigenvalue weighted by Crippen LogP contribution is -2.33. The van der Waals surface area contributed by atoms with Crippen LogP contribution in [0.15, 0.2) is 18.2 Å². The van der Waals surface area contributed by atoms with Crippen molar-refractivity contribution in [2.75, 3.05) is 11.9 Å². The van der Waals surface area contributed by atoms with E-state index in [2.05, 4.69) is 5.32 Å². The molecule has 0 bridgehead atoms. The van der Waals surface area contributed by atoms with Gasteiger partial charge in [0, 0.05) is 6.54 Å². The zero-order chi connectivity index (χ0) is 14.0. The van der Waals surface area contributed by atoms with Crippen molar-refractivity contribution < 1.29 is 9.13 Å². The second-order valence-electron chi connectivity index (χ2n) is 6.39. The van der Waals surface area contributed by atoms with Gasteiger partial charge in [-0.2, -0.15) is 0 Å². The van der Waals surface area contributed by atoms with Gasteiger partial charge in [-0.1, -0.05) is 25.3 Å². The van der Waals surface area contributed by atoms with E-state index in [-0.39, 0.29) is 17.5 Å². The van der Waals surface area contributed by atoms with Crippen LogP contribution in [-0.4, -0.2) is 18.2 Å². The van der Waals surface area contributed by atoms with Crippen LogP contribution in [0, 0.1) is 12.7 Å². The van der Waals surface area contributed by atoms with Gasteiger partial charge in [-0.05, 0) is 50.3 Å². The van der Waals surface area contributed by atoms with Crippen LogP contribution in [0.4, 0.5) is 10.1 Å². The molecule has 1 aliphatic heterocycles. The molecular weight excluding hydrogens is 253 g/mol. The molecule has 1 unspecified atom stereocenters. The first-order valence-corrected chi connectivity index (χ1v) is 7.85. The third kappa shape index (κ3) is 2.98. The van der Waals surface area contributed by atoms with Crippen LogP contribution in [0.5, 0.6) is 0 Å². The number of hydrogen-bond acceptors (Lipinski definition) is 2. The van der Waals surface area contributed by atoms with Crippen LogP contribution in [0.25, 0.3) is 0 Å². The molecule has 0 aromatic heterocycles. The summed E-state index contributed by atoms with van der Waals surface area (Å²) in [5, 5.41) is 3.20. The Morgan fingerprint density at radius 3 is 2.80 bits per heavy atom. The first-order valence-electron chi connectivity index (χ1n) is 7.85. The van der Waals surface area contributed by atoms with E-state index in [0.717, 1.165) is 12.0 Å². The Bertz CT molecular complexity index is 468. The van der Waals surface area contributed by atoms with Crippen molar-refractivity contribution in [3.63, 3.8) is 0 Å². The third-order valence-corrected chi connectivity index (χ3v) is 4.75. The van der Waals surface area contributed by atoms with Gasteiger partial charge in [0.15, 0.2) is 0 Å². The normalized spacial score (nSPS) is 25.0.